The van der Waals surface area contributed by atoms with Crippen molar-refractivity contribution in [1.29, 1.82) is 0 Å². The number of halogens is 1. The van der Waals surface area contributed by atoms with Crippen LogP contribution in [0.2, 0.25) is 0 Å². The molecule has 1 fully saturated rings. The molecule has 0 radical (unpaired) electrons. The molecule has 0 spiro atoms. The average molecular weight is 268 g/mol. The summed E-state index contributed by atoms with van der Waals surface area (Å²) in [7, 11) is 0. The molecule has 3 N–H and O–H groups in total. The van der Waals surface area contributed by atoms with E-state index in [1.807, 2.05) is 0 Å². The Labute approximate surface area is 110 Å². The quantitative estimate of drug-likeness (QED) is 0.791. The molecule has 1 aliphatic rings. The summed E-state index contributed by atoms with van der Waals surface area (Å²) in [5, 5.41) is 9.47. The third kappa shape index (κ3) is 3.02. The first-order valence-corrected chi connectivity index (χ1v) is 6.17. The summed E-state index contributed by atoms with van der Waals surface area (Å²) < 4.78 is 12.9. The predicted molar refractivity (Wildman–Crippen MR) is 66.6 cm³/mol. The van der Waals surface area contributed by atoms with Gasteiger partial charge in [-0.3, -0.25) is 0 Å². The number of hydrogen-bond donors (Lipinski definition) is 2. The molecule has 1 heterocycles. The van der Waals surface area contributed by atoms with Gasteiger partial charge in [0, 0.05) is 25.6 Å². The molecule has 2 rings (SSSR count). The average Bonchev–Trinajstić information content (AvgIpc) is 2.46. The topological polar surface area (TPSA) is 75.8 Å². The number of carbonyl (C=O) groups excluding carboxylic acids is 1. The van der Waals surface area contributed by atoms with Crippen molar-refractivity contribution in [2.24, 2.45) is 11.8 Å². The van der Waals surface area contributed by atoms with E-state index < -0.39 is 6.09 Å². The minimum Gasteiger partial charge on any atom is -0.396 e. The van der Waals surface area contributed by atoms with Crippen LogP contribution in [0.25, 0.3) is 0 Å². The fraction of sp³-hybridized carbons (Fsp3) is 0.462. The van der Waals surface area contributed by atoms with Crippen LogP contribution in [-0.2, 0) is 4.84 Å². The van der Waals surface area contributed by atoms with E-state index >= 15 is 0 Å². The Hall–Kier alpha value is -1.66. The lowest BCUT2D eigenvalue weighted by Gasteiger charge is -2.37. The van der Waals surface area contributed by atoms with E-state index in [-0.39, 0.29) is 24.3 Å². The number of carbonyl (C=O) groups is 1. The lowest BCUT2D eigenvalue weighted by Crippen LogP contribution is -2.45. The SMILES string of the molecule is NOC(=O)N1CC[C@@H](c2ccc(F)cc2)[C@H](CO)C1. The molecule has 19 heavy (non-hydrogen) atoms. The smallest absolute Gasteiger partial charge is 0.396 e. The van der Waals surface area contributed by atoms with Crippen molar-refractivity contribution >= 4 is 6.09 Å². The Morgan fingerprint density at radius 2 is 2.16 bits per heavy atom. The highest BCUT2D eigenvalue weighted by atomic mass is 19.1. The van der Waals surface area contributed by atoms with E-state index in [0.29, 0.717) is 19.5 Å². The zero-order valence-electron chi connectivity index (χ0n) is 10.5. The summed E-state index contributed by atoms with van der Waals surface area (Å²) in [5.41, 5.74) is 0.973. The number of nitrogens with two attached hydrogens (primary N) is 1. The number of aliphatic hydroxyl groups is 1. The molecule has 1 aromatic rings. The normalized spacial score (nSPS) is 23.2. The van der Waals surface area contributed by atoms with E-state index in [9.17, 15) is 14.3 Å². The molecule has 0 aliphatic carbocycles. The molecule has 6 heteroatoms. The molecule has 1 amide bonds. The standard InChI is InChI=1S/C13H17FN2O3/c14-11-3-1-9(2-4-11)12-5-6-16(13(18)19-15)7-10(12)8-17/h1-4,10,12,17H,5-8,15H2/t10-,12-/m0/s1. The van der Waals surface area contributed by atoms with Crippen LogP contribution in [0.3, 0.4) is 0 Å². The van der Waals surface area contributed by atoms with Crippen molar-refractivity contribution in [3.05, 3.63) is 35.6 Å². The molecular formula is C13H17FN2O3. The van der Waals surface area contributed by atoms with Crippen molar-refractivity contribution in [2.45, 2.75) is 12.3 Å². The highest BCUT2D eigenvalue weighted by Gasteiger charge is 2.32. The van der Waals surface area contributed by atoms with E-state index in [1.54, 1.807) is 12.1 Å². The number of rotatable bonds is 2. The van der Waals surface area contributed by atoms with Gasteiger partial charge in [0.25, 0.3) is 0 Å². The summed E-state index contributed by atoms with van der Waals surface area (Å²) in [6, 6.07) is 6.26. The van der Waals surface area contributed by atoms with Gasteiger partial charge in [0.2, 0.25) is 0 Å². The van der Waals surface area contributed by atoms with Crippen molar-refractivity contribution in [3.8, 4) is 0 Å². The summed E-state index contributed by atoms with van der Waals surface area (Å²) in [4.78, 5) is 17.0. The molecule has 104 valence electrons. The number of likely N-dealkylation sites (tertiary alicyclic amines) is 1. The molecule has 1 saturated heterocycles. The van der Waals surface area contributed by atoms with Gasteiger partial charge in [-0.15, -0.1) is 0 Å². The first-order valence-electron chi connectivity index (χ1n) is 6.17. The minimum atomic E-state index is -0.587. The number of benzene rings is 1. The molecular weight excluding hydrogens is 251 g/mol. The number of hydrogen-bond acceptors (Lipinski definition) is 4. The Bertz CT molecular complexity index is 438. The summed E-state index contributed by atoms with van der Waals surface area (Å²) in [6.45, 7) is 0.847. The van der Waals surface area contributed by atoms with Gasteiger partial charge in [-0.05, 0) is 30.0 Å². The monoisotopic (exact) mass is 268 g/mol. The third-order valence-corrected chi connectivity index (χ3v) is 3.63. The van der Waals surface area contributed by atoms with Gasteiger partial charge >= 0.3 is 6.09 Å². The first kappa shape index (κ1) is 13.8. The van der Waals surface area contributed by atoms with E-state index in [0.717, 1.165) is 5.56 Å². The van der Waals surface area contributed by atoms with Crippen LogP contribution in [0, 0.1) is 11.7 Å². The van der Waals surface area contributed by atoms with E-state index in [2.05, 4.69) is 4.84 Å². The van der Waals surface area contributed by atoms with Gasteiger partial charge in [0.05, 0.1) is 0 Å². The third-order valence-electron chi connectivity index (χ3n) is 3.63. The molecule has 1 aliphatic heterocycles. The van der Waals surface area contributed by atoms with Crippen LogP contribution in [0.4, 0.5) is 9.18 Å². The summed E-state index contributed by atoms with van der Waals surface area (Å²) in [5.74, 6) is 4.58. The number of amides is 1. The highest BCUT2D eigenvalue weighted by Crippen LogP contribution is 2.33. The van der Waals surface area contributed by atoms with Gasteiger partial charge < -0.3 is 14.8 Å². The van der Waals surface area contributed by atoms with E-state index in [4.69, 9.17) is 5.90 Å². The van der Waals surface area contributed by atoms with Crippen molar-refractivity contribution < 1.29 is 19.1 Å². The van der Waals surface area contributed by atoms with E-state index in [1.165, 1.54) is 17.0 Å². The Kier molecular flexibility index (Phi) is 4.34. The van der Waals surface area contributed by atoms with Crippen molar-refractivity contribution in [2.75, 3.05) is 19.7 Å². The lowest BCUT2D eigenvalue weighted by molar-refractivity contribution is 0.0652. The van der Waals surface area contributed by atoms with Crippen molar-refractivity contribution in [3.63, 3.8) is 0 Å². The van der Waals surface area contributed by atoms with Gasteiger partial charge in [-0.25, -0.2) is 9.18 Å². The van der Waals surface area contributed by atoms with Gasteiger partial charge in [0.1, 0.15) is 5.82 Å². The van der Waals surface area contributed by atoms with Crippen LogP contribution in [0.15, 0.2) is 24.3 Å². The fourth-order valence-electron chi connectivity index (χ4n) is 2.61. The Balaban J connectivity index is 2.11. The molecule has 5 nitrogen and oxygen atoms in total. The number of nitrogens with zero attached hydrogens (tertiary/aromatic N) is 1. The molecule has 0 unspecified atom stereocenters. The number of piperidine rings is 1. The van der Waals surface area contributed by atoms with Crippen LogP contribution in [0.1, 0.15) is 17.9 Å². The van der Waals surface area contributed by atoms with Crippen molar-refractivity contribution in [1.82, 2.24) is 4.90 Å². The second kappa shape index (κ2) is 5.99. The molecule has 0 bridgehead atoms. The van der Waals surface area contributed by atoms with Gasteiger partial charge in [-0.2, -0.15) is 5.90 Å². The maximum atomic E-state index is 12.9. The molecule has 2 atom stereocenters. The zero-order valence-corrected chi connectivity index (χ0v) is 10.5. The Morgan fingerprint density at radius 3 is 2.74 bits per heavy atom. The van der Waals surface area contributed by atoms with Gasteiger partial charge in [0.15, 0.2) is 0 Å². The Morgan fingerprint density at radius 1 is 1.47 bits per heavy atom. The molecule has 1 aromatic carbocycles. The first-order chi connectivity index (χ1) is 9.15. The summed E-state index contributed by atoms with van der Waals surface area (Å²) in [6.07, 6.45) is 0.0994. The summed E-state index contributed by atoms with van der Waals surface area (Å²) >= 11 is 0. The fourth-order valence-corrected chi connectivity index (χ4v) is 2.61. The van der Waals surface area contributed by atoms with Crippen LogP contribution >= 0.6 is 0 Å². The maximum Gasteiger partial charge on any atom is 0.428 e. The van der Waals surface area contributed by atoms with Crippen LogP contribution in [-0.4, -0.2) is 35.8 Å². The second-order valence-electron chi connectivity index (χ2n) is 4.72. The zero-order chi connectivity index (χ0) is 13.8. The largest absolute Gasteiger partial charge is 0.428 e. The lowest BCUT2D eigenvalue weighted by atomic mass is 9.81. The predicted octanol–water partition coefficient (Wildman–Crippen LogP) is 1.23. The van der Waals surface area contributed by atoms with Gasteiger partial charge in [-0.1, -0.05) is 12.1 Å². The molecule has 0 saturated carbocycles. The van der Waals surface area contributed by atoms with Crippen LogP contribution in [0.5, 0.6) is 0 Å². The number of aliphatic hydroxyl groups excluding tert-OH is 1. The second-order valence-corrected chi connectivity index (χ2v) is 4.72. The minimum absolute atomic E-state index is 0.0452. The maximum absolute atomic E-state index is 12.9. The van der Waals surface area contributed by atoms with Crippen LogP contribution < -0.4 is 5.90 Å². The highest BCUT2D eigenvalue weighted by molar-refractivity contribution is 5.67. The molecule has 0 aromatic heterocycles.